The molecule has 0 aromatic heterocycles. The van der Waals surface area contributed by atoms with Gasteiger partial charge in [-0.25, -0.2) is 0 Å². The van der Waals surface area contributed by atoms with Crippen LogP contribution in [0.1, 0.15) is 17.9 Å². The van der Waals surface area contributed by atoms with Crippen LogP contribution in [0.15, 0.2) is 30.3 Å². The average Bonchev–Trinajstić information content (AvgIpc) is 2.17. The van der Waals surface area contributed by atoms with Crippen molar-refractivity contribution in [1.82, 2.24) is 0 Å². The van der Waals surface area contributed by atoms with Gasteiger partial charge in [0.05, 0.1) is 5.38 Å². The van der Waals surface area contributed by atoms with E-state index in [1.807, 2.05) is 30.3 Å². The highest BCUT2D eigenvalue weighted by Gasteiger charge is 2.14. The van der Waals surface area contributed by atoms with E-state index in [1.165, 1.54) is 0 Å². The van der Waals surface area contributed by atoms with Gasteiger partial charge in [-0.1, -0.05) is 37.3 Å². The molecule has 0 amide bonds. The number of rotatable bonds is 3. The molecule has 2 heteroatoms. The van der Waals surface area contributed by atoms with Gasteiger partial charge in [-0.05, 0) is 11.5 Å². The number of benzene rings is 1. The highest BCUT2D eigenvalue weighted by atomic mass is 35.5. The van der Waals surface area contributed by atoms with E-state index in [0.717, 1.165) is 5.56 Å². The molecule has 1 aromatic rings. The fourth-order valence-electron chi connectivity index (χ4n) is 1.04. The minimum atomic E-state index is 0.0312. The Bertz CT molecular complexity index is 221. The van der Waals surface area contributed by atoms with Gasteiger partial charge in [-0.2, -0.15) is 0 Å². The summed E-state index contributed by atoms with van der Waals surface area (Å²) in [5.74, 6) is 0.916. The normalized spacial score (nSPS) is 15.6. The first-order chi connectivity index (χ1) is 5.75. The molecule has 12 heavy (non-hydrogen) atoms. The second-order valence-corrected chi connectivity index (χ2v) is 3.72. The van der Waals surface area contributed by atoms with Crippen molar-refractivity contribution in [2.24, 2.45) is 5.92 Å². The SMILES string of the molecule is C[C@H](CCl)[C@@H](Cl)c1ccccc1. The molecular formula is C10H12Cl2. The third-order valence-corrected chi connectivity index (χ3v) is 3.03. The molecule has 0 aliphatic heterocycles. The van der Waals surface area contributed by atoms with Gasteiger partial charge in [0.15, 0.2) is 0 Å². The summed E-state index contributed by atoms with van der Waals surface area (Å²) < 4.78 is 0. The molecule has 0 bridgehead atoms. The molecule has 0 heterocycles. The van der Waals surface area contributed by atoms with Crippen LogP contribution in [0.25, 0.3) is 0 Å². The van der Waals surface area contributed by atoms with Crippen LogP contribution in [-0.4, -0.2) is 5.88 Å². The van der Waals surface area contributed by atoms with Crippen LogP contribution in [0.3, 0.4) is 0 Å². The van der Waals surface area contributed by atoms with E-state index in [4.69, 9.17) is 23.2 Å². The van der Waals surface area contributed by atoms with Gasteiger partial charge in [0.25, 0.3) is 0 Å². The Labute approximate surface area is 83.5 Å². The van der Waals surface area contributed by atoms with Crippen molar-refractivity contribution < 1.29 is 0 Å². The first-order valence-electron chi connectivity index (χ1n) is 4.00. The van der Waals surface area contributed by atoms with Gasteiger partial charge < -0.3 is 0 Å². The Morgan fingerprint density at radius 3 is 2.33 bits per heavy atom. The minimum absolute atomic E-state index is 0.0312. The quantitative estimate of drug-likeness (QED) is 0.654. The van der Waals surface area contributed by atoms with Crippen molar-refractivity contribution in [3.05, 3.63) is 35.9 Å². The van der Waals surface area contributed by atoms with Crippen molar-refractivity contribution in [2.45, 2.75) is 12.3 Å². The lowest BCUT2D eigenvalue weighted by atomic mass is 10.0. The Morgan fingerprint density at radius 2 is 1.83 bits per heavy atom. The van der Waals surface area contributed by atoms with E-state index < -0.39 is 0 Å². The molecule has 0 saturated carbocycles. The summed E-state index contributed by atoms with van der Waals surface area (Å²) in [4.78, 5) is 0. The van der Waals surface area contributed by atoms with Crippen LogP contribution >= 0.6 is 23.2 Å². The zero-order chi connectivity index (χ0) is 8.97. The first-order valence-corrected chi connectivity index (χ1v) is 4.97. The fourth-order valence-corrected chi connectivity index (χ4v) is 1.55. The van der Waals surface area contributed by atoms with Crippen molar-refractivity contribution in [1.29, 1.82) is 0 Å². The van der Waals surface area contributed by atoms with Crippen molar-refractivity contribution >= 4 is 23.2 Å². The topological polar surface area (TPSA) is 0 Å². The maximum absolute atomic E-state index is 6.17. The molecule has 0 unspecified atom stereocenters. The van der Waals surface area contributed by atoms with E-state index in [-0.39, 0.29) is 5.38 Å². The molecule has 0 spiro atoms. The van der Waals surface area contributed by atoms with Crippen molar-refractivity contribution in [3.8, 4) is 0 Å². The van der Waals surface area contributed by atoms with Gasteiger partial charge in [0.1, 0.15) is 0 Å². The number of hydrogen-bond acceptors (Lipinski definition) is 0. The maximum Gasteiger partial charge on any atom is 0.0622 e. The third kappa shape index (κ3) is 2.40. The van der Waals surface area contributed by atoms with E-state index >= 15 is 0 Å². The minimum Gasteiger partial charge on any atom is -0.126 e. The Morgan fingerprint density at radius 1 is 1.25 bits per heavy atom. The van der Waals surface area contributed by atoms with E-state index in [9.17, 15) is 0 Å². The monoisotopic (exact) mass is 202 g/mol. The molecule has 0 radical (unpaired) electrons. The summed E-state index contributed by atoms with van der Waals surface area (Å²) in [5, 5.41) is 0.0312. The van der Waals surface area contributed by atoms with Crippen LogP contribution in [0.2, 0.25) is 0 Å². The average molecular weight is 203 g/mol. The maximum atomic E-state index is 6.17. The van der Waals surface area contributed by atoms with Crippen LogP contribution in [0.4, 0.5) is 0 Å². The van der Waals surface area contributed by atoms with Crippen LogP contribution in [0, 0.1) is 5.92 Å². The van der Waals surface area contributed by atoms with Gasteiger partial charge in [0, 0.05) is 5.88 Å². The number of alkyl halides is 2. The summed E-state index contributed by atoms with van der Waals surface area (Å²) in [6.45, 7) is 2.05. The lowest BCUT2D eigenvalue weighted by molar-refractivity contribution is 0.631. The molecule has 0 saturated heterocycles. The smallest absolute Gasteiger partial charge is 0.0622 e. The Hall–Kier alpha value is -0.200. The molecule has 1 aromatic carbocycles. The lowest BCUT2D eigenvalue weighted by Gasteiger charge is -2.14. The zero-order valence-electron chi connectivity index (χ0n) is 7.00. The van der Waals surface area contributed by atoms with Gasteiger partial charge in [-0.15, -0.1) is 23.2 Å². The second-order valence-electron chi connectivity index (χ2n) is 2.94. The standard InChI is InChI=1S/C10H12Cl2/c1-8(7-11)10(12)9-5-3-2-4-6-9/h2-6,8,10H,7H2,1H3/t8-,10-/m1/s1. The Kier molecular flexibility index (Phi) is 3.90. The molecule has 0 fully saturated rings. The molecule has 2 atom stereocenters. The summed E-state index contributed by atoms with van der Waals surface area (Å²) in [6.07, 6.45) is 0. The van der Waals surface area contributed by atoms with Crippen LogP contribution < -0.4 is 0 Å². The highest BCUT2D eigenvalue weighted by molar-refractivity contribution is 6.22. The van der Waals surface area contributed by atoms with E-state index in [0.29, 0.717) is 11.8 Å². The van der Waals surface area contributed by atoms with Gasteiger partial charge in [-0.3, -0.25) is 0 Å². The largest absolute Gasteiger partial charge is 0.126 e. The molecule has 0 nitrogen and oxygen atoms in total. The van der Waals surface area contributed by atoms with Gasteiger partial charge >= 0.3 is 0 Å². The summed E-state index contributed by atoms with van der Waals surface area (Å²) in [5.41, 5.74) is 1.15. The summed E-state index contributed by atoms with van der Waals surface area (Å²) >= 11 is 11.9. The van der Waals surface area contributed by atoms with E-state index in [1.54, 1.807) is 0 Å². The molecule has 1 rings (SSSR count). The predicted octanol–water partition coefficient (Wildman–Crippen LogP) is 3.84. The third-order valence-electron chi connectivity index (χ3n) is 1.86. The summed E-state index contributed by atoms with van der Waals surface area (Å²) in [6, 6.07) is 10.0. The molecular weight excluding hydrogens is 191 g/mol. The van der Waals surface area contributed by atoms with E-state index in [2.05, 4.69) is 6.92 Å². The number of halogens is 2. The number of hydrogen-bond donors (Lipinski definition) is 0. The lowest BCUT2D eigenvalue weighted by Crippen LogP contribution is -2.04. The van der Waals surface area contributed by atoms with Crippen molar-refractivity contribution in [2.75, 3.05) is 5.88 Å². The molecule has 66 valence electrons. The predicted molar refractivity (Wildman–Crippen MR) is 54.9 cm³/mol. The first kappa shape index (κ1) is 9.88. The van der Waals surface area contributed by atoms with Crippen LogP contribution in [0.5, 0.6) is 0 Å². The van der Waals surface area contributed by atoms with Crippen molar-refractivity contribution in [3.63, 3.8) is 0 Å². The molecule has 0 aliphatic carbocycles. The molecule has 0 aliphatic rings. The Balaban J connectivity index is 2.71. The van der Waals surface area contributed by atoms with Gasteiger partial charge in [0.2, 0.25) is 0 Å². The fraction of sp³-hybridized carbons (Fsp3) is 0.400. The zero-order valence-corrected chi connectivity index (χ0v) is 8.52. The second kappa shape index (κ2) is 4.74. The molecule has 0 N–H and O–H groups in total. The summed E-state index contributed by atoms with van der Waals surface area (Å²) in [7, 11) is 0. The van der Waals surface area contributed by atoms with Crippen LogP contribution in [-0.2, 0) is 0 Å². The highest BCUT2D eigenvalue weighted by Crippen LogP contribution is 2.28.